The maximum atomic E-state index is 12.4. The first kappa shape index (κ1) is 15.9. The molecule has 4 nitrogen and oxygen atoms in total. The van der Waals surface area contributed by atoms with E-state index < -0.39 is 0 Å². The van der Waals surface area contributed by atoms with E-state index in [0.717, 1.165) is 28.4 Å². The quantitative estimate of drug-likeness (QED) is 0.659. The highest BCUT2D eigenvalue weighted by molar-refractivity contribution is 6.07. The number of hydrogen-bond acceptors (Lipinski definition) is 4. The average Bonchev–Trinajstić information content (AvgIpc) is 2.60. The lowest BCUT2D eigenvalue weighted by molar-refractivity contribution is 0.104. The molecule has 0 spiro atoms. The average molecular weight is 321 g/mol. The molecule has 0 aromatic heterocycles. The van der Waals surface area contributed by atoms with Gasteiger partial charge in [0.2, 0.25) is 0 Å². The van der Waals surface area contributed by atoms with Gasteiger partial charge >= 0.3 is 0 Å². The molecule has 0 amide bonds. The van der Waals surface area contributed by atoms with Crippen LogP contribution in [0.15, 0.2) is 60.8 Å². The molecule has 2 aromatic rings. The lowest BCUT2D eigenvalue weighted by atomic mass is 10.1. The number of fused-ring (bicyclic) bond motifs is 1. The summed E-state index contributed by atoms with van der Waals surface area (Å²) in [6.45, 7) is 6.80. The zero-order chi connectivity index (χ0) is 16.9. The van der Waals surface area contributed by atoms with Crippen LogP contribution in [-0.2, 0) is 0 Å². The van der Waals surface area contributed by atoms with Crippen molar-refractivity contribution in [2.24, 2.45) is 0 Å². The third-order valence-corrected chi connectivity index (χ3v) is 3.61. The first-order chi connectivity index (χ1) is 11.7. The van der Waals surface area contributed by atoms with Gasteiger partial charge < -0.3 is 14.8 Å². The van der Waals surface area contributed by atoms with Gasteiger partial charge in [-0.1, -0.05) is 24.8 Å². The topological polar surface area (TPSA) is 47.6 Å². The van der Waals surface area contributed by atoms with E-state index in [9.17, 15) is 4.79 Å². The minimum absolute atomic E-state index is 0.0814. The molecular weight excluding hydrogens is 302 g/mol. The van der Waals surface area contributed by atoms with Crippen LogP contribution in [0.2, 0.25) is 0 Å². The van der Waals surface area contributed by atoms with Crippen LogP contribution in [0.1, 0.15) is 22.8 Å². The molecule has 3 rings (SSSR count). The number of carbonyl (C=O) groups is 1. The zero-order valence-electron chi connectivity index (χ0n) is 13.5. The molecule has 0 bridgehead atoms. The molecule has 24 heavy (non-hydrogen) atoms. The normalized spacial score (nSPS) is 13.1. The Morgan fingerprint density at radius 1 is 1.33 bits per heavy atom. The minimum Gasteiger partial charge on any atom is -0.493 e. The van der Waals surface area contributed by atoms with Gasteiger partial charge in [0.05, 0.1) is 12.3 Å². The van der Waals surface area contributed by atoms with Crippen molar-refractivity contribution in [1.82, 2.24) is 0 Å². The first-order valence-electron chi connectivity index (χ1n) is 7.83. The van der Waals surface area contributed by atoms with Crippen molar-refractivity contribution in [2.45, 2.75) is 6.92 Å². The molecule has 2 aromatic carbocycles. The van der Waals surface area contributed by atoms with E-state index >= 15 is 0 Å². The molecular formula is C20H19NO3. The van der Waals surface area contributed by atoms with Gasteiger partial charge in [0.25, 0.3) is 0 Å². The smallest absolute Gasteiger partial charge is 0.185 e. The van der Waals surface area contributed by atoms with Crippen LogP contribution in [0.25, 0.3) is 6.08 Å². The van der Waals surface area contributed by atoms with Crippen LogP contribution in [0.3, 0.4) is 0 Å². The highest BCUT2D eigenvalue weighted by atomic mass is 16.5. The van der Waals surface area contributed by atoms with Crippen LogP contribution < -0.4 is 14.8 Å². The van der Waals surface area contributed by atoms with E-state index in [1.807, 2.05) is 31.2 Å². The number of benzene rings is 2. The summed E-state index contributed by atoms with van der Waals surface area (Å²) in [7, 11) is 0. The Labute approximate surface area is 141 Å². The van der Waals surface area contributed by atoms with Gasteiger partial charge in [-0.25, -0.2) is 0 Å². The Kier molecular flexibility index (Phi) is 4.66. The van der Waals surface area contributed by atoms with Crippen molar-refractivity contribution in [1.29, 1.82) is 0 Å². The van der Waals surface area contributed by atoms with Crippen molar-refractivity contribution in [2.75, 3.05) is 18.5 Å². The van der Waals surface area contributed by atoms with Crippen LogP contribution in [0.4, 0.5) is 5.69 Å². The molecule has 1 heterocycles. The molecule has 1 N–H and O–H groups in total. The van der Waals surface area contributed by atoms with Crippen molar-refractivity contribution in [3.05, 3.63) is 71.9 Å². The van der Waals surface area contributed by atoms with E-state index in [4.69, 9.17) is 9.47 Å². The third kappa shape index (κ3) is 3.49. The second kappa shape index (κ2) is 7.04. The van der Waals surface area contributed by atoms with Crippen LogP contribution in [0, 0.1) is 0 Å². The third-order valence-electron chi connectivity index (χ3n) is 3.61. The minimum atomic E-state index is -0.0814. The predicted molar refractivity (Wildman–Crippen MR) is 95.7 cm³/mol. The van der Waals surface area contributed by atoms with E-state index in [2.05, 4.69) is 11.9 Å². The summed E-state index contributed by atoms with van der Waals surface area (Å²) >= 11 is 0. The Bertz CT molecular complexity index is 808. The summed E-state index contributed by atoms with van der Waals surface area (Å²) in [4.78, 5) is 12.4. The number of ether oxygens (including phenoxy) is 2. The number of rotatable bonds is 5. The number of anilines is 1. The van der Waals surface area contributed by atoms with Gasteiger partial charge in [-0.3, -0.25) is 4.79 Å². The molecule has 0 aliphatic carbocycles. The molecule has 0 saturated heterocycles. The lowest BCUT2D eigenvalue weighted by Crippen LogP contribution is -2.15. The summed E-state index contributed by atoms with van der Waals surface area (Å²) in [6, 6.07) is 13.0. The molecule has 0 radical (unpaired) electrons. The molecule has 122 valence electrons. The zero-order valence-corrected chi connectivity index (χ0v) is 13.5. The molecule has 0 saturated carbocycles. The van der Waals surface area contributed by atoms with Crippen LogP contribution in [-0.4, -0.2) is 19.0 Å². The Hall–Kier alpha value is -3.01. The predicted octanol–water partition coefficient (Wildman–Crippen LogP) is 4.30. The van der Waals surface area contributed by atoms with Gasteiger partial charge in [-0.2, -0.15) is 0 Å². The Balaban J connectivity index is 1.80. The fraction of sp³-hybridized carbons (Fsp3) is 0.150. The summed E-state index contributed by atoms with van der Waals surface area (Å²) in [5.74, 6) is 1.41. The van der Waals surface area contributed by atoms with Gasteiger partial charge in [0.15, 0.2) is 5.78 Å². The first-order valence-corrected chi connectivity index (χ1v) is 7.83. The van der Waals surface area contributed by atoms with Crippen molar-refractivity contribution in [3.8, 4) is 11.5 Å². The van der Waals surface area contributed by atoms with Crippen molar-refractivity contribution >= 4 is 17.5 Å². The fourth-order valence-corrected chi connectivity index (χ4v) is 2.47. The molecule has 1 aliphatic heterocycles. The maximum absolute atomic E-state index is 12.4. The standard InChI is InChI=1S/C20H19NO3/c1-3-23-19-7-5-4-6-15(19)8-10-18(22)16-9-11-20-17(12-16)21-14(2)13-24-20/h4-12,21H,2-3,13H2,1H3/b10-8+. The van der Waals surface area contributed by atoms with Gasteiger partial charge in [0, 0.05) is 16.8 Å². The summed E-state index contributed by atoms with van der Waals surface area (Å²) < 4.78 is 11.1. The number of nitrogens with one attached hydrogen (secondary N) is 1. The highest BCUT2D eigenvalue weighted by Crippen LogP contribution is 2.30. The number of carbonyl (C=O) groups excluding carboxylic acids is 1. The second-order valence-electron chi connectivity index (χ2n) is 5.40. The molecule has 0 atom stereocenters. The summed E-state index contributed by atoms with van der Waals surface area (Å²) in [5, 5.41) is 3.14. The Morgan fingerprint density at radius 2 is 2.17 bits per heavy atom. The SMILES string of the molecule is C=C1COc2ccc(C(=O)/C=C/c3ccccc3OCC)cc2N1. The van der Waals surface area contributed by atoms with E-state index in [1.165, 1.54) is 0 Å². The lowest BCUT2D eigenvalue weighted by Gasteiger charge is -2.21. The number of allylic oxidation sites excluding steroid dienone is 1. The maximum Gasteiger partial charge on any atom is 0.185 e. The van der Waals surface area contributed by atoms with Crippen molar-refractivity contribution < 1.29 is 14.3 Å². The number of para-hydroxylation sites is 1. The largest absolute Gasteiger partial charge is 0.493 e. The molecule has 1 aliphatic rings. The van der Waals surface area contributed by atoms with Gasteiger partial charge in [0.1, 0.15) is 18.1 Å². The van der Waals surface area contributed by atoms with E-state index in [-0.39, 0.29) is 5.78 Å². The highest BCUT2D eigenvalue weighted by Gasteiger charge is 2.14. The number of hydrogen-bond donors (Lipinski definition) is 1. The molecule has 4 heteroatoms. The van der Waals surface area contributed by atoms with Gasteiger partial charge in [-0.15, -0.1) is 0 Å². The van der Waals surface area contributed by atoms with Crippen LogP contribution in [0.5, 0.6) is 11.5 Å². The Morgan fingerprint density at radius 3 is 3.00 bits per heavy atom. The molecule has 0 fully saturated rings. The fourth-order valence-electron chi connectivity index (χ4n) is 2.47. The van der Waals surface area contributed by atoms with E-state index in [1.54, 1.807) is 30.4 Å². The van der Waals surface area contributed by atoms with E-state index in [0.29, 0.717) is 18.8 Å². The summed E-state index contributed by atoms with van der Waals surface area (Å²) in [5.41, 5.74) is 3.00. The number of ketones is 1. The molecule has 0 unspecified atom stereocenters. The monoisotopic (exact) mass is 321 g/mol. The van der Waals surface area contributed by atoms with Crippen LogP contribution >= 0.6 is 0 Å². The van der Waals surface area contributed by atoms with Gasteiger partial charge in [-0.05, 0) is 43.3 Å². The van der Waals surface area contributed by atoms with Crippen molar-refractivity contribution in [3.63, 3.8) is 0 Å². The summed E-state index contributed by atoms with van der Waals surface area (Å²) in [6.07, 6.45) is 3.33. The second-order valence-corrected chi connectivity index (χ2v) is 5.40.